The maximum atomic E-state index is 12.6. The van der Waals surface area contributed by atoms with Crippen LogP contribution in [0.5, 0.6) is 0 Å². The Morgan fingerprint density at radius 3 is 2.54 bits per heavy atom. The van der Waals surface area contributed by atoms with E-state index in [2.05, 4.69) is 15.6 Å². The largest absolute Gasteiger partial charge is 0.477 e. The SMILES string of the molecule is C[C@H](NC(=O)c1ccc(-c2ccc(Cl)cc2Cl)o1)C(=O)Nc1ccc2[nH]cc(C(=O)O)c(=O)c2c1. The van der Waals surface area contributed by atoms with Crippen LogP contribution in [0, 0.1) is 0 Å². The molecule has 0 saturated carbocycles. The molecule has 2 amide bonds. The molecule has 4 N–H and O–H groups in total. The molecule has 2 heterocycles. The molecule has 2 aromatic heterocycles. The number of rotatable bonds is 6. The highest BCUT2D eigenvalue weighted by Gasteiger charge is 2.20. The number of carboxylic acids is 1. The van der Waals surface area contributed by atoms with E-state index in [1.165, 1.54) is 25.1 Å². The first-order valence-corrected chi connectivity index (χ1v) is 11.0. The van der Waals surface area contributed by atoms with Gasteiger partial charge >= 0.3 is 5.97 Å². The van der Waals surface area contributed by atoms with E-state index >= 15 is 0 Å². The molecule has 0 aliphatic carbocycles. The van der Waals surface area contributed by atoms with Crippen molar-refractivity contribution in [3.05, 3.63) is 86.3 Å². The zero-order valence-electron chi connectivity index (χ0n) is 18.0. The van der Waals surface area contributed by atoms with Crippen LogP contribution in [0.15, 0.2) is 63.9 Å². The molecule has 0 bridgehead atoms. The molecule has 1 atom stereocenters. The molecule has 2 aromatic carbocycles. The zero-order valence-corrected chi connectivity index (χ0v) is 19.5. The van der Waals surface area contributed by atoms with Crippen LogP contribution in [-0.2, 0) is 4.79 Å². The second-order valence-electron chi connectivity index (χ2n) is 7.57. The van der Waals surface area contributed by atoms with Crippen molar-refractivity contribution >= 4 is 57.6 Å². The number of carbonyl (C=O) groups is 3. The molecule has 35 heavy (non-hydrogen) atoms. The highest BCUT2D eigenvalue weighted by atomic mass is 35.5. The summed E-state index contributed by atoms with van der Waals surface area (Å²) in [6.07, 6.45) is 1.11. The van der Waals surface area contributed by atoms with Gasteiger partial charge in [0.25, 0.3) is 5.91 Å². The van der Waals surface area contributed by atoms with E-state index in [-0.39, 0.29) is 16.8 Å². The van der Waals surface area contributed by atoms with Gasteiger partial charge in [0.05, 0.1) is 5.02 Å². The van der Waals surface area contributed by atoms with Gasteiger partial charge in [-0.2, -0.15) is 0 Å². The Hall–Kier alpha value is -4.08. The zero-order chi connectivity index (χ0) is 25.3. The van der Waals surface area contributed by atoms with Gasteiger partial charge in [-0.1, -0.05) is 23.2 Å². The minimum Gasteiger partial charge on any atom is -0.477 e. The lowest BCUT2D eigenvalue weighted by Crippen LogP contribution is -2.41. The van der Waals surface area contributed by atoms with E-state index in [4.69, 9.17) is 32.7 Å². The smallest absolute Gasteiger partial charge is 0.341 e. The van der Waals surface area contributed by atoms with Crippen molar-refractivity contribution in [1.29, 1.82) is 0 Å². The van der Waals surface area contributed by atoms with E-state index in [1.807, 2.05) is 0 Å². The lowest BCUT2D eigenvalue weighted by Gasteiger charge is -2.14. The number of H-pyrrole nitrogens is 1. The van der Waals surface area contributed by atoms with E-state index in [9.17, 15) is 19.2 Å². The number of carbonyl (C=O) groups excluding carboxylic acids is 2. The lowest BCUT2D eigenvalue weighted by atomic mass is 10.1. The normalized spacial score (nSPS) is 11.7. The molecule has 178 valence electrons. The topological polar surface area (TPSA) is 142 Å². The first kappa shape index (κ1) is 24.1. The number of aromatic nitrogens is 1. The minimum atomic E-state index is -1.36. The van der Waals surface area contributed by atoms with Crippen molar-refractivity contribution < 1.29 is 23.9 Å². The van der Waals surface area contributed by atoms with Crippen molar-refractivity contribution in [1.82, 2.24) is 10.3 Å². The van der Waals surface area contributed by atoms with Gasteiger partial charge in [0.2, 0.25) is 11.3 Å². The molecular formula is C24H17Cl2N3O6. The average molecular weight is 514 g/mol. The minimum absolute atomic E-state index is 0.0240. The van der Waals surface area contributed by atoms with E-state index in [0.717, 1.165) is 6.20 Å². The number of amides is 2. The van der Waals surface area contributed by atoms with Gasteiger partial charge in [0.15, 0.2) is 5.76 Å². The number of carboxylic acid groups (broad SMARTS) is 1. The van der Waals surface area contributed by atoms with Crippen LogP contribution >= 0.6 is 23.2 Å². The Bertz CT molecular complexity index is 1540. The summed E-state index contributed by atoms with van der Waals surface area (Å²) in [6.45, 7) is 1.48. The Morgan fingerprint density at radius 1 is 1.06 bits per heavy atom. The van der Waals surface area contributed by atoms with E-state index in [1.54, 1.807) is 30.3 Å². The molecule has 0 aliphatic heterocycles. The van der Waals surface area contributed by atoms with E-state index in [0.29, 0.717) is 26.9 Å². The van der Waals surface area contributed by atoms with Crippen molar-refractivity contribution in [2.75, 3.05) is 5.32 Å². The third kappa shape index (κ3) is 5.06. The van der Waals surface area contributed by atoms with Crippen LogP contribution < -0.4 is 16.1 Å². The number of aromatic amines is 1. The predicted octanol–water partition coefficient (Wildman–Crippen LogP) is 4.55. The fraction of sp³-hybridized carbons (Fsp3) is 0.0833. The molecule has 0 fully saturated rings. The third-order valence-electron chi connectivity index (χ3n) is 5.15. The molecule has 0 unspecified atom stereocenters. The first-order chi connectivity index (χ1) is 16.6. The standard InChI is InChI=1S/C24H17Cl2N3O6/c1-11(28-23(32)20-7-6-19(35-20)14-4-2-12(25)8-17(14)26)22(31)29-13-3-5-18-15(9-13)21(30)16(10-27-18)24(33)34/h2-11H,1H3,(H,27,30)(H,28,32)(H,29,31)(H,33,34)/t11-/m0/s1. The Morgan fingerprint density at radius 2 is 1.83 bits per heavy atom. The summed E-state index contributed by atoms with van der Waals surface area (Å²) in [4.78, 5) is 51.5. The summed E-state index contributed by atoms with van der Waals surface area (Å²) in [6, 6.07) is 11.4. The second kappa shape index (κ2) is 9.65. The summed E-state index contributed by atoms with van der Waals surface area (Å²) in [5, 5.41) is 15.2. The third-order valence-corrected chi connectivity index (χ3v) is 5.69. The second-order valence-corrected chi connectivity index (χ2v) is 8.41. The fourth-order valence-electron chi connectivity index (χ4n) is 3.33. The number of aromatic carboxylic acids is 1. The number of pyridine rings is 1. The van der Waals surface area contributed by atoms with E-state index < -0.39 is 34.8 Å². The molecular weight excluding hydrogens is 497 g/mol. The molecule has 0 spiro atoms. The van der Waals surface area contributed by atoms with Crippen LogP contribution in [0.4, 0.5) is 5.69 Å². The van der Waals surface area contributed by atoms with Crippen LogP contribution in [0.1, 0.15) is 27.8 Å². The van der Waals surface area contributed by atoms with Gasteiger partial charge in [0, 0.05) is 33.4 Å². The van der Waals surface area contributed by atoms with Crippen LogP contribution in [0.2, 0.25) is 10.0 Å². The number of anilines is 1. The predicted molar refractivity (Wildman–Crippen MR) is 131 cm³/mol. The summed E-state index contributed by atoms with van der Waals surface area (Å²) in [7, 11) is 0. The highest BCUT2D eigenvalue weighted by Crippen LogP contribution is 2.31. The summed E-state index contributed by atoms with van der Waals surface area (Å²) < 4.78 is 5.59. The Balaban J connectivity index is 1.46. The van der Waals surface area contributed by atoms with Crippen molar-refractivity contribution in [3.63, 3.8) is 0 Å². The van der Waals surface area contributed by atoms with Crippen molar-refractivity contribution in [3.8, 4) is 11.3 Å². The number of hydrogen-bond acceptors (Lipinski definition) is 5. The number of furan rings is 1. The molecule has 0 radical (unpaired) electrons. The molecule has 4 rings (SSSR count). The molecule has 11 heteroatoms. The molecule has 9 nitrogen and oxygen atoms in total. The van der Waals surface area contributed by atoms with Crippen molar-refractivity contribution in [2.24, 2.45) is 0 Å². The molecule has 4 aromatic rings. The number of nitrogens with one attached hydrogen (secondary N) is 3. The quantitative estimate of drug-likeness (QED) is 0.298. The maximum absolute atomic E-state index is 12.6. The Labute approximate surface area is 207 Å². The van der Waals surface area contributed by atoms with Gasteiger partial charge in [-0.15, -0.1) is 0 Å². The average Bonchev–Trinajstić information content (AvgIpc) is 3.29. The van der Waals surface area contributed by atoms with Gasteiger partial charge in [-0.3, -0.25) is 14.4 Å². The van der Waals surface area contributed by atoms with Gasteiger partial charge in [0.1, 0.15) is 17.4 Å². The van der Waals surface area contributed by atoms with Gasteiger partial charge in [-0.05, 0) is 55.5 Å². The summed E-state index contributed by atoms with van der Waals surface area (Å²) >= 11 is 12.1. The van der Waals surface area contributed by atoms with Gasteiger partial charge < -0.3 is 25.1 Å². The summed E-state index contributed by atoms with van der Waals surface area (Å²) in [5.41, 5.74) is 0.124. The fourth-order valence-corrected chi connectivity index (χ4v) is 3.83. The van der Waals surface area contributed by atoms with Crippen LogP contribution in [-0.4, -0.2) is 33.9 Å². The molecule has 0 saturated heterocycles. The molecule has 0 aliphatic rings. The number of hydrogen-bond donors (Lipinski definition) is 4. The first-order valence-electron chi connectivity index (χ1n) is 10.2. The number of benzene rings is 2. The monoisotopic (exact) mass is 513 g/mol. The van der Waals surface area contributed by atoms with Crippen molar-refractivity contribution in [2.45, 2.75) is 13.0 Å². The van der Waals surface area contributed by atoms with Crippen LogP contribution in [0.25, 0.3) is 22.2 Å². The maximum Gasteiger partial charge on any atom is 0.341 e. The van der Waals surface area contributed by atoms with Gasteiger partial charge in [-0.25, -0.2) is 4.79 Å². The number of halogens is 2. The number of fused-ring (bicyclic) bond motifs is 1. The summed E-state index contributed by atoms with van der Waals surface area (Å²) in [5.74, 6) is -2.21. The Kier molecular flexibility index (Phi) is 6.63. The van der Waals surface area contributed by atoms with Crippen LogP contribution in [0.3, 0.4) is 0 Å². The lowest BCUT2D eigenvalue weighted by molar-refractivity contribution is -0.117. The highest BCUT2D eigenvalue weighted by molar-refractivity contribution is 6.36.